The summed E-state index contributed by atoms with van der Waals surface area (Å²) in [5.41, 5.74) is 1.68. The summed E-state index contributed by atoms with van der Waals surface area (Å²) in [7, 11) is -3.49. The first kappa shape index (κ1) is 17.6. The number of halogens is 2. The molecule has 0 amide bonds. The smallest absolute Gasteiger partial charge is 0.243 e. The summed E-state index contributed by atoms with van der Waals surface area (Å²) in [6.45, 7) is 3.84. The number of piperazine rings is 1. The SMILES string of the molecule is Cc1ccc(I)cc1S(=O)(=O)N1CCN(c2ccc(F)cc2)CC1. The highest BCUT2D eigenvalue weighted by atomic mass is 127. The molecule has 0 spiro atoms. The molecule has 1 aliphatic heterocycles. The Hall–Kier alpha value is -1.19. The van der Waals surface area contributed by atoms with E-state index in [0.29, 0.717) is 31.1 Å². The van der Waals surface area contributed by atoms with Crippen LogP contribution in [0.25, 0.3) is 0 Å². The molecular formula is C17H18FIN2O2S. The van der Waals surface area contributed by atoms with E-state index in [4.69, 9.17) is 0 Å². The Kier molecular flexibility index (Phi) is 5.12. The molecule has 1 fully saturated rings. The molecule has 0 aliphatic carbocycles. The Morgan fingerprint density at radius 2 is 1.62 bits per heavy atom. The lowest BCUT2D eigenvalue weighted by atomic mass is 10.2. The maximum Gasteiger partial charge on any atom is 0.243 e. The lowest BCUT2D eigenvalue weighted by Gasteiger charge is -2.35. The van der Waals surface area contributed by atoms with Crippen LogP contribution in [0, 0.1) is 16.3 Å². The van der Waals surface area contributed by atoms with Crippen molar-refractivity contribution in [2.75, 3.05) is 31.1 Å². The van der Waals surface area contributed by atoms with Crippen LogP contribution in [0.15, 0.2) is 47.4 Å². The topological polar surface area (TPSA) is 40.6 Å². The van der Waals surface area contributed by atoms with Gasteiger partial charge in [-0.15, -0.1) is 0 Å². The van der Waals surface area contributed by atoms with Crippen LogP contribution in [0.4, 0.5) is 10.1 Å². The van der Waals surface area contributed by atoms with E-state index < -0.39 is 10.0 Å². The maximum atomic E-state index is 13.0. The largest absolute Gasteiger partial charge is 0.369 e. The quantitative estimate of drug-likeness (QED) is 0.661. The molecule has 0 aromatic heterocycles. The molecule has 0 atom stereocenters. The third-order valence-electron chi connectivity index (χ3n) is 4.20. The van der Waals surface area contributed by atoms with E-state index in [9.17, 15) is 12.8 Å². The van der Waals surface area contributed by atoms with Gasteiger partial charge in [-0.1, -0.05) is 6.07 Å². The Balaban J connectivity index is 1.76. The van der Waals surface area contributed by atoms with Gasteiger partial charge in [0.2, 0.25) is 10.0 Å². The predicted octanol–water partition coefficient (Wildman–Crippen LogP) is 3.25. The minimum absolute atomic E-state index is 0.269. The molecule has 1 aliphatic rings. The molecule has 1 saturated heterocycles. The van der Waals surface area contributed by atoms with Crippen LogP contribution >= 0.6 is 22.6 Å². The van der Waals surface area contributed by atoms with Gasteiger partial charge in [-0.25, -0.2) is 12.8 Å². The van der Waals surface area contributed by atoms with Crippen molar-refractivity contribution in [2.45, 2.75) is 11.8 Å². The molecule has 3 rings (SSSR count). The van der Waals surface area contributed by atoms with Crippen LogP contribution in [0.3, 0.4) is 0 Å². The molecule has 0 N–H and O–H groups in total. The second-order valence-corrected chi connectivity index (χ2v) is 8.93. The summed E-state index contributed by atoms with van der Waals surface area (Å²) < 4.78 is 41.3. The van der Waals surface area contributed by atoms with Crippen molar-refractivity contribution in [2.24, 2.45) is 0 Å². The number of rotatable bonds is 3. The summed E-state index contributed by atoms with van der Waals surface area (Å²) in [6.07, 6.45) is 0. The molecule has 128 valence electrons. The third kappa shape index (κ3) is 3.57. The molecule has 4 nitrogen and oxygen atoms in total. The highest BCUT2D eigenvalue weighted by Crippen LogP contribution is 2.24. The second kappa shape index (κ2) is 6.97. The first-order chi connectivity index (χ1) is 11.4. The first-order valence-corrected chi connectivity index (χ1v) is 10.2. The molecule has 7 heteroatoms. The number of sulfonamides is 1. The van der Waals surface area contributed by atoms with Crippen molar-refractivity contribution >= 4 is 38.3 Å². The van der Waals surface area contributed by atoms with Gasteiger partial charge in [-0.05, 0) is 71.5 Å². The van der Waals surface area contributed by atoms with Gasteiger partial charge in [0.25, 0.3) is 0 Å². The van der Waals surface area contributed by atoms with E-state index in [1.54, 1.807) is 18.2 Å². The molecule has 0 bridgehead atoms. The third-order valence-corrected chi connectivity index (χ3v) is 6.91. The number of benzene rings is 2. The normalized spacial score (nSPS) is 16.4. The van der Waals surface area contributed by atoms with Crippen LogP contribution in [0.5, 0.6) is 0 Å². The van der Waals surface area contributed by atoms with Crippen LogP contribution in [-0.2, 0) is 10.0 Å². The van der Waals surface area contributed by atoms with Crippen molar-refractivity contribution in [1.29, 1.82) is 0 Å². The minimum Gasteiger partial charge on any atom is -0.369 e. The molecule has 0 radical (unpaired) electrons. The zero-order chi connectivity index (χ0) is 17.3. The summed E-state index contributed by atoms with van der Waals surface area (Å²) in [6, 6.07) is 11.8. The fourth-order valence-electron chi connectivity index (χ4n) is 2.83. The van der Waals surface area contributed by atoms with Crippen molar-refractivity contribution in [1.82, 2.24) is 4.31 Å². The van der Waals surface area contributed by atoms with E-state index in [2.05, 4.69) is 27.5 Å². The van der Waals surface area contributed by atoms with Crippen LogP contribution < -0.4 is 4.90 Å². The van der Waals surface area contributed by atoms with Gasteiger partial charge in [0.15, 0.2) is 0 Å². The number of aryl methyl sites for hydroxylation is 1. The highest BCUT2D eigenvalue weighted by molar-refractivity contribution is 14.1. The maximum absolute atomic E-state index is 13.0. The predicted molar refractivity (Wildman–Crippen MR) is 101 cm³/mol. The van der Waals surface area contributed by atoms with Crippen LogP contribution in [-0.4, -0.2) is 38.9 Å². The molecular weight excluding hydrogens is 442 g/mol. The Morgan fingerprint density at radius 3 is 2.25 bits per heavy atom. The standard InChI is InChI=1S/C17H18FIN2O2S/c1-13-2-5-15(19)12-17(13)24(22,23)21-10-8-20(9-11-21)16-6-3-14(18)4-7-16/h2-7,12H,8-11H2,1H3. The summed E-state index contributed by atoms with van der Waals surface area (Å²) in [5.74, 6) is -0.269. The van der Waals surface area contributed by atoms with Crippen molar-refractivity contribution < 1.29 is 12.8 Å². The van der Waals surface area contributed by atoms with E-state index in [-0.39, 0.29) is 5.82 Å². The average Bonchev–Trinajstić information content (AvgIpc) is 2.58. The highest BCUT2D eigenvalue weighted by Gasteiger charge is 2.29. The van der Waals surface area contributed by atoms with Crippen molar-refractivity contribution in [3.8, 4) is 0 Å². The second-order valence-electron chi connectivity index (χ2n) is 5.78. The fraction of sp³-hybridized carbons (Fsp3) is 0.294. The Bertz CT molecular complexity index is 832. The van der Waals surface area contributed by atoms with E-state index in [0.717, 1.165) is 14.8 Å². The summed E-state index contributed by atoms with van der Waals surface area (Å²) >= 11 is 2.12. The van der Waals surface area contributed by atoms with Crippen molar-refractivity contribution in [3.05, 3.63) is 57.4 Å². The van der Waals surface area contributed by atoms with Gasteiger partial charge in [0.1, 0.15) is 5.82 Å². The molecule has 2 aromatic rings. The first-order valence-electron chi connectivity index (χ1n) is 7.65. The molecule has 2 aromatic carbocycles. The van der Waals surface area contributed by atoms with Gasteiger partial charge in [0, 0.05) is 35.4 Å². The molecule has 1 heterocycles. The van der Waals surface area contributed by atoms with E-state index >= 15 is 0 Å². The van der Waals surface area contributed by atoms with Crippen LogP contribution in [0.2, 0.25) is 0 Å². The zero-order valence-corrected chi connectivity index (χ0v) is 16.2. The van der Waals surface area contributed by atoms with Crippen LogP contribution in [0.1, 0.15) is 5.56 Å². The summed E-state index contributed by atoms with van der Waals surface area (Å²) in [4.78, 5) is 2.46. The lowest BCUT2D eigenvalue weighted by Crippen LogP contribution is -2.48. The van der Waals surface area contributed by atoms with Gasteiger partial charge in [-0.3, -0.25) is 0 Å². The Morgan fingerprint density at radius 1 is 1.00 bits per heavy atom. The average molecular weight is 460 g/mol. The van der Waals surface area contributed by atoms with Gasteiger partial charge < -0.3 is 4.90 Å². The molecule has 24 heavy (non-hydrogen) atoms. The van der Waals surface area contributed by atoms with E-state index in [1.165, 1.54) is 16.4 Å². The molecule has 0 unspecified atom stereocenters. The van der Waals surface area contributed by atoms with Gasteiger partial charge in [0.05, 0.1) is 4.90 Å². The monoisotopic (exact) mass is 460 g/mol. The number of hydrogen-bond acceptors (Lipinski definition) is 3. The van der Waals surface area contributed by atoms with E-state index in [1.807, 2.05) is 19.1 Å². The summed E-state index contributed by atoms with van der Waals surface area (Å²) in [5, 5.41) is 0. The molecule has 0 saturated carbocycles. The van der Waals surface area contributed by atoms with Gasteiger partial charge in [-0.2, -0.15) is 4.31 Å². The number of hydrogen-bond donors (Lipinski definition) is 0. The van der Waals surface area contributed by atoms with Crippen molar-refractivity contribution in [3.63, 3.8) is 0 Å². The fourth-order valence-corrected chi connectivity index (χ4v) is 5.21. The lowest BCUT2D eigenvalue weighted by molar-refractivity contribution is 0.384. The number of anilines is 1. The van der Waals surface area contributed by atoms with Gasteiger partial charge >= 0.3 is 0 Å². The Labute approximate surface area is 155 Å². The zero-order valence-electron chi connectivity index (χ0n) is 13.2. The number of nitrogens with zero attached hydrogens (tertiary/aromatic N) is 2. The minimum atomic E-state index is -3.49.